The monoisotopic (exact) mass is 259 g/mol. The number of unbranched alkanes of at least 4 members (excludes halogenated alkanes) is 1. The summed E-state index contributed by atoms with van der Waals surface area (Å²) in [6.07, 6.45) is 4.03. The molecule has 0 bridgehead atoms. The predicted octanol–water partition coefficient (Wildman–Crippen LogP) is 1.89. The number of carboxylic acids is 1. The molecule has 0 spiro atoms. The maximum atomic E-state index is 11.8. The lowest BCUT2D eigenvalue weighted by Crippen LogP contribution is -2.45. The molecule has 1 fully saturated rings. The van der Waals surface area contributed by atoms with Crippen LogP contribution in [0.25, 0.3) is 0 Å². The summed E-state index contributed by atoms with van der Waals surface area (Å²) in [6.45, 7) is 3.94. The van der Waals surface area contributed by atoms with E-state index in [1.165, 1.54) is 0 Å². The zero-order chi connectivity index (χ0) is 12.8. The van der Waals surface area contributed by atoms with Gasteiger partial charge in [0.15, 0.2) is 0 Å². The summed E-state index contributed by atoms with van der Waals surface area (Å²) in [7, 11) is 0. The Hall–Kier alpha value is -0.710. The van der Waals surface area contributed by atoms with Crippen molar-refractivity contribution < 1.29 is 14.7 Å². The quantitative estimate of drug-likeness (QED) is 0.653. The third kappa shape index (κ3) is 4.98. The molecular formula is C12H21NO3S. The topological polar surface area (TPSA) is 66.4 Å². The number of hydrogen-bond donors (Lipinski definition) is 2. The second-order valence-corrected chi connectivity index (χ2v) is 5.98. The van der Waals surface area contributed by atoms with Gasteiger partial charge >= 0.3 is 5.97 Å². The minimum atomic E-state index is -0.911. The van der Waals surface area contributed by atoms with Gasteiger partial charge in [-0.05, 0) is 37.9 Å². The molecule has 1 saturated carbocycles. The summed E-state index contributed by atoms with van der Waals surface area (Å²) < 4.78 is 0. The second kappa shape index (κ2) is 6.89. The molecule has 0 saturated heterocycles. The standard InChI is InChI=1S/C12H21NO3S/c1-3-4-7-17-8(2)11(14)13-10(12(15)16)9-5-6-9/h8-10H,3-7H2,1-2H3,(H,13,14)(H,15,16). The Kier molecular flexibility index (Phi) is 5.82. The molecule has 1 aliphatic rings. The maximum Gasteiger partial charge on any atom is 0.326 e. The van der Waals surface area contributed by atoms with Crippen molar-refractivity contribution in [2.24, 2.45) is 5.92 Å². The van der Waals surface area contributed by atoms with E-state index in [0.717, 1.165) is 31.4 Å². The van der Waals surface area contributed by atoms with Crippen molar-refractivity contribution in [2.75, 3.05) is 5.75 Å². The van der Waals surface area contributed by atoms with Gasteiger partial charge in [-0.3, -0.25) is 4.79 Å². The Morgan fingerprint density at radius 2 is 2.12 bits per heavy atom. The van der Waals surface area contributed by atoms with Crippen molar-refractivity contribution in [2.45, 2.75) is 50.8 Å². The zero-order valence-electron chi connectivity index (χ0n) is 10.4. The molecule has 2 unspecified atom stereocenters. The number of carbonyl (C=O) groups excluding carboxylic acids is 1. The fourth-order valence-electron chi connectivity index (χ4n) is 1.56. The predicted molar refractivity (Wildman–Crippen MR) is 69.1 cm³/mol. The van der Waals surface area contributed by atoms with E-state index in [1.54, 1.807) is 11.8 Å². The Labute approximate surface area is 107 Å². The minimum Gasteiger partial charge on any atom is -0.480 e. The zero-order valence-corrected chi connectivity index (χ0v) is 11.3. The lowest BCUT2D eigenvalue weighted by Gasteiger charge is -2.17. The molecule has 98 valence electrons. The molecule has 1 amide bonds. The molecule has 0 radical (unpaired) electrons. The van der Waals surface area contributed by atoms with Crippen molar-refractivity contribution in [1.29, 1.82) is 0 Å². The van der Waals surface area contributed by atoms with Crippen molar-refractivity contribution in [3.05, 3.63) is 0 Å². The smallest absolute Gasteiger partial charge is 0.326 e. The Bertz CT molecular complexity index is 279. The maximum absolute atomic E-state index is 11.8. The number of thioether (sulfide) groups is 1. The van der Waals surface area contributed by atoms with Gasteiger partial charge in [-0.2, -0.15) is 0 Å². The van der Waals surface area contributed by atoms with E-state index in [1.807, 2.05) is 6.92 Å². The number of carboxylic acid groups (broad SMARTS) is 1. The van der Waals surface area contributed by atoms with E-state index in [0.29, 0.717) is 0 Å². The SMILES string of the molecule is CCCCSC(C)C(=O)NC(C(=O)O)C1CC1. The van der Waals surface area contributed by atoms with Crippen LogP contribution in [0, 0.1) is 5.92 Å². The van der Waals surface area contributed by atoms with E-state index in [4.69, 9.17) is 5.11 Å². The highest BCUT2D eigenvalue weighted by Gasteiger charge is 2.37. The fourth-order valence-corrected chi connectivity index (χ4v) is 2.59. The largest absolute Gasteiger partial charge is 0.480 e. The Balaban J connectivity index is 2.32. The van der Waals surface area contributed by atoms with Gasteiger partial charge < -0.3 is 10.4 Å². The Morgan fingerprint density at radius 1 is 1.47 bits per heavy atom. The van der Waals surface area contributed by atoms with Crippen LogP contribution in [0.15, 0.2) is 0 Å². The average Bonchev–Trinajstić information content (AvgIpc) is 3.09. The molecule has 0 aromatic heterocycles. The highest BCUT2D eigenvalue weighted by molar-refractivity contribution is 8.00. The van der Waals surface area contributed by atoms with Crippen LogP contribution in [0.5, 0.6) is 0 Å². The molecule has 1 rings (SSSR count). The first-order chi connectivity index (χ1) is 8.06. The molecule has 4 nitrogen and oxygen atoms in total. The third-order valence-corrected chi connectivity index (χ3v) is 4.13. The molecule has 5 heteroatoms. The van der Waals surface area contributed by atoms with E-state index in [-0.39, 0.29) is 17.1 Å². The molecule has 0 aromatic rings. The van der Waals surface area contributed by atoms with Crippen LogP contribution >= 0.6 is 11.8 Å². The van der Waals surface area contributed by atoms with Crippen LogP contribution in [0.4, 0.5) is 0 Å². The van der Waals surface area contributed by atoms with Crippen LogP contribution < -0.4 is 5.32 Å². The van der Waals surface area contributed by atoms with Gasteiger partial charge in [0.05, 0.1) is 5.25 Å². The number of hydrogen-bond acceptors (Lipinski definition) is 3. The Morgan fingerprint density at radius 3 is 2.59 bits per heavy atom. The summed E-state index contributed by atoms with van der Waals surface area (Å²) in [5.41, 5.74) is 0. The van der Waals surface area contributed by atoms with Crippen LogP contribution in [0.1, 0.15) is 39.5 Å². The van der Waals surface area contributed by atoms with Gasteiger partial charge in [-0.1, -0.05) is 13.3 Å². The number of nitrogens with one attached hydrogen (secondary N) is 1. The molecule has 0 aromatic carbocycles. The normalized spacial score (nSPS) is 18.5. The van der Waals surface area contributed by atoms with Gasteiger partial charge in [-0.25, -0.2) is 4.79 Å². The highest BCUT2D eigenvalue weighted by atomic mass is 32.2. The lowest BCUT2D eigenvalue weighted by molar-refractivity contribution is -0.142. The first-order valence-electron chi connectivity index (χ1n) is 6.21. The molecule has 1 aliphatic carbocycles. The fraction of sp³-hybridized carbons (Fsp3) is 0.833. The van der Waals surface area contributed by atoms with Crippen LogP contribution in [-0.4, -0.2) is 34.0 Å². The lowest BCUT2D eigenvalue weighted by atomic mass is 10.2. The van der Waals surface area contributed by atoms with Gasteiger partial charge in [0.25, 0.3) is 0 Å². The third-order valence-electron chi connectivity index (χ3n) is 2.89. The van der Waals surface area contributed by atoms with Crippen LogP contribution in [0.3, 0.4) is 0 Å². The summed E-state index contributed by atoms with van der Waals surface area (Å²) in [5, 5.41) is 11.5. The van der Waals surface area contributed by atoms with Gasteiger partial charge in [0.1, 0.15) is 6.04 Å². The second-order valence-electron chi connectivity index (χ2n) is 4.53. The summed E-state index contributed by atoms with van der Waals surface area (Å²) in [4.78, 5) is 22.8. The minimum absolute atomic E-state index is 0.143. The first-order valence-corrected chi connectivity index (χ1v) is 7.26. The van der Waals surface area contributed by atoms with Crippen molar-refractivity contribution in [3.63, 3.8) is 0 Å². The van der Waals surface area contributed by atoms with E-state index >= 15 is 0 Å². The van der Waals surface area contributed by atoms with Gasteiger partial charge in [-0.15, -0.1) is 11.8 Å². The molecule has 2 atom stereocenters. The van der Waals surface area contributed by atoms with Gasteiger partial charge in [0, 0.05) is 0 Å². The summed E-state index contributed by atoms with van der Waals surface area (Å²) >= 11 is 1.59. The van der Waals surface area contributed by atoms with E-state index < -0.39 is 12.0 Å². The van der Waals surface area contributed by atoms with Crippen LogP contribution in [-0.2, 0) is 9.59 Å². The number of amides is 1. The summed E-state index contributed by atoms with van der Waals surface area (Å²) in [6, 6.07) is -0.684. The molecule has 0 heterocycles. The summed E-state index contributed by atoms with van der Waals surface area (Å²) in [5.74, 6) is 0.0352. The van der Waals surface area contributed by atoms with Crippen molar-refractivity contribution in [3.8, 4) is 0 Å². The molecule has 17 heavy (non-hydrogen) atoms. The first kappa shape index (κ1) is 14.4. The molecular weight excluding hydrogens is 238 g/mol. The molecule has 2 N–H and O–H groups in total. The van der Waals surface area contributed by atoms with Gasteiger partial charge in [0.2, 0.25) is 5.91 Å². The number of aliphatic carboxylic acids is 1. The number of rotatable bonds is 8. The number of carbonyl (C=O) groups is 2. The van der Waals surface area contributed by atoms with Crippen molar-refractivity contribution in [1.82, 2.24) is 5.32 Å². The van der Waals surface area contributed by atoms with E-state index in [9.17, 15) is 9.59 Å². The highest BCUT2D eigenvalue weighted by Crippen LogP contribution is 2.32. The van der Waals surface area contributed by atoms with Crippen LogP contribution in [0.2, 0.25) is 0 Å². The average molecular weight is 259 g/mol. The molecule has 0 aliphatic heterocycles. The van der Waals surface area contributed by atoms with Crippen molar-refractivity contribution >= 4 is 23.6 Å². The van der Waals surface area contributed by atoms with E-state index in [2.05, 4.69) is 12.2 Å².